The third-order valence-corrected chi connectivity index (χ3v) is 4.14. The molecule has 0 saturated carbocycles. The Hall–Kier alpha value is -2.93. The Balaban J connectivity index is 2.25. The summed E-state index contributed by atoms with van der Waals surface area (Å²) in [4.78, 5) is 14.2. The molecule has 0 atom stereocenters. The van der Waals surface area contributed by atoms with Gasteiger partial charge in [0.15, 0.2) is 11.3 Å². The Bertz CT molecular complexity index is 1010. The zero-order valence-electron chi connectivity index (χ0n) is 15.6. The van der Waals surface area contributed by atoms with Crippen LogP contribution in [0.15, 0.2) is 30.5 Å². The monoisotopic (exact) mass is 385 g/mol. The Morgan fingerprint density at radius 2 is 1.96 bits per heavy atom. The quantitative estimate of drug-likeness (QED) is 0.626. The summed E-state index contributed by atoms with van der Waals surface area (Å²) in [7, 11) is 3.78. The molecule has 2 aromatic heterocycles. The van der Waals surface area contributed by atoms with Gasteiger partial charge in [-0.1, -0.05) is 23.7 Å². The van der Waals surface area contributed by atoms with Gasteiger partial charge in [0.25, 0.3) is 0 Å². The number of hydrogen-bond acceptors (Lipinski definition) is 6. The predicted molar refractivity (Wildman–Crippen MR) is 105 cm³/mol. The lowest BCUT2D eigenvalue weighted by molar-refractivity contribution is 0.0517. The first-order chi connectivity index (χ1) is 12.9. The van der Waals surface area contributed by atoms with Crippen molar-refractivity contribution in [1.29, 1.82) is 0 Å². The van der Waals surface area contributed by atoms with Crippen LogP contribution in [0.5, 0.6) is 0 Å². The van der Waals surface area contributed by atoms with Crippen molar-refractivity contribution in [3.05, 3.63) is 52.6 Å². The van der Waals surface area contributed by atoms with Gasteiger partial charge < -0.3 is 9.64 Å². The number of halogens is 1. The minimum absolute atomic E-state index is 0.118. The van der Waals surface area contributed by atoms with Crippen molar-refractivity contribution in [2.45, 2.75) is 13.8 Å². The van der Waals surface area contributed by atoms with E-state index in [0.29, 0.717) is 16.4 Å². The van der Waals surface area contributed by atoms with Crippen LogP contribution in [-0.4, -0.2) is 51.4 Å². The molecule has 1 aromatic carbocycles. The summed E-state index contributed by atoms with van der Waals surface area (Å²) in [6.45, 7) is 3.89. The number of hydrogen-bond donors (Lipinski definition) is 0. The summed E-state index contributed by atoms with van der Waals surface area (Å²) in [6, 6.07) is 7.44. The fraction of sp³-hybridized carbons (Fsp3) is 0.263. The highest BCUT2D eigenvalue weighted by Gasteiger charge is 2.22. The first-order valence-electron chi connectivity index (χ1n) is 8.46. The first kappa shape index (κ1) is 18.8. The lowest BCUT2D eigenvalue weighted by atomic mass is 10.1. The van der Waals surface area contributed by atoms with Gasteiger partial charge in [0, 0.05) is 25.3 Å². The Morgan fingerprint density at radius 3 is 2.59 bits per heavy atom. The molecule has 0 spiro atoms. The molecule has 0 aliphatic heterocycles. The molecule has 0 amide bonds. The zero-order valence-corrected chi connectivity index (χ0v) is 16.4. The molecule has 0 radical (unpaired) electrons. The van der Waals surface area contributed by atoms with E-state index in [1.54, 1.807) is 17.5 Å². The fourth-order valence-electron chi connectivity index (χ4n) is 2.69. The summed E-state index contributed by atoms with van der Waals surface area (Å²) in [5, 5.41) is 13.6. The van der Waals surface area contributed by atoms with E-state index in [2.05, 4.69) is 15.3 Å². The number of fused-ring (bicyclic) bond motifs is 1. The van der Waals surface area contributed by atoms with Crippen molar-refractivity contribution in [3.63, 3.8) is 0 Å². The van der Waals surface area contributed by atoms with Crippen molar-refractivity contribution < 1.29 is 9.53 Å². The van der Waals surface area contributed by atoms with Crippen molar-refractivity contribution in [2.24, 2.45) is 0 Å². The smallest absolute Gasteiger partial charge is 0.361 e. The SMILES string of the molecule is CCOC(=O)c1nnc2c(-c3ccc(Cl)cc3)c(C)nn2c1/C=C/N(C)C. The summed E-state index contributed by atoms with van der Waals surface area (Å²) in [6.07, 6.45) is 3.59. The van der Waals surface area contributed by atoms with Crippen molar-refractivity contribution in [1.82, 2.24) is 24.7 Å². The van der Waals surface area contributed by atoms with Crippen LogP contribution in [0.2, 0.25) is 5.02 Å². The Morgan fingerprint density at radius 1 is 1.26 bits per heavy atom. The second-order valence-electron chi connectivity index (χ2n) is 6.14. The van der Waals surface area contributed by atoms with Crippen LogP contribution in [0.1, 0.15) is 28.8 Å². The summed E-state index contributed by atoms with van der Waals surface area (Å²) in [5.74, 6) is -0.536. The molecule has 0 unspecified atom stereocenters. The molecule has 140 valence electrons. The summed E-state index contributed by atoms with van der Waals surface area (Å²) < 4.78 is 6.74. The van der Waals surface area contributed by atoms with Crippen molar-refractivity contribution in [3.8, 4) is 11.1 Å². The minimum atomic E-state index is -0.536. The van der Waals surface area contributed by atoms with Gasteiger partial charge in [-0.25, -0.2) is 9.31 Å². The van der Waals surface area contributed by atoms with Gasteiger partial charge in [-0.15, -0.1) is 10.2 Å². The van der Waals surface area contributed by atoms with Gasteiger partial charge in [-0.3, -0.25) is 0 Å². The summed E-state index contributed by atoms with van der Waals surface area (Å²) in [5.41, 5.74) is 3.72. The number of carbonyl (C=O) groups is 1. The molecule has 3 aromatic rings. The maximum atomic E-state index is 12.3. The average molecular weight is 386 g/mol. The van der Waals surface area contributed by atoms with Gasteiger partial charge in [-0.05, 0) is 37.6 Å². The van der Waals surface area contributed by atoms with E-state index in [0.717, 1.165) is 16.8 Å². The number of benzene rings is 1. The average Bonchev–Trinajstić information content (AvgIpc) is 2.96. The third-order valence-electron chi connectivity index (χ3n) is 3.88. The highest BCUT2D eigenvalue weighted by molar-refractivity contribution is 6.30. The predicted octanol–water partition coefficient (Wildman–Crippen LogP) is 3.46. The molecule has 2 heterocycles. The van der Waals surface area contributed by atoms with E-state index in [1.165, 1.54) is 0 Å². The minimum Gasteiger partial charge on any atom is -0.461 e. The molecule has 27 heavy (non-hydrogen) atoms. The molecule has 0 bridgehead atoms. The summed E-state index contributed by atoms with van der Waals surface area (Å²) >= 11 is 6.00. The van der Waals surface area contributed by atoms with Crippen LogP contribution in [0.3, 0.4) is 0 Å². The van der Waals surface area contributed by atoms with Gasteiger partial charge in [-0.2, -0.15) is 5.10 Å². The van der Waals surface area contributed by atoms with E-state index in [-0.39, 0.29) is 12.3 Å². The van der Waals surface area contributed by atoms with E-state index < -0.39 is 5.97 Å². The molecule has 0 aliphatic rings. The molecule has 0 saturated heterocycles. The van der Waals surface area contributed by atoms with Gasteiger partial charge in [0.05, 0.1) is 17.9 Å². The molecule has 0 fully saturated rings. The standard InChI is InChI=1S/C19H20ClN5O2/c1-5-27-19(26)17-15(10-11-24(3)4)25-18(22-21-17)16(12(2)23-25)13-6-8-14(20)9-7-13/h6-11H,5H2,1-4H3/b11-10+. The van der Waals surface area contributed by atoms with E-state index >= 15 is 0 Å². The van der Waals surface area contributed by atoms with Crippen molar-refractivity contribution >= 4 is 29.3 Å². The molecule has 8 heteroatoms. The van der Waals surface area contributed by atoms with E-state index in [4.69, 9.17) is 16.3 Å². The molecule has 0 N–H and O–H groups in total. The number of carbonyl (C=O) groups excluding carboxylic acids is 1. The fourth-order valence-corrected chi connectivity index (χ4v) is 2.82. The van der Waals surface area contributed by atoms with Crippen LogP contribution in [-0.2, 0) is 4.74 Å². The number of rotatable bonds is 5. The van der Waals surface area contributed by atoms with Gasteiger partial charge in [0.1, 0.15) is 5.69 Å². The van der Waals surface area contributed by atoms with Gasteiger partial charge in [0.2, 0.25) is 0 Å². The van der Waals surface area contributed by atoms with E-state index in [9.17, 15) is 4.79 Å². The molecular weight excluding hydrogens is 366 g/mol. The second-order valence-corrected chi connectivity index (χ2v) is 6.57. The van der Waals surface area contributed by atoms with Crippen LogP contribution < -0.4 is 0 Å². The first-order valence-corrected chi connectivity index (χ1v) is 8.84. The Labute approximate surface area is 162 Å². The van der Waals surface area contributed by atoms with Crippen LogP contribution >= 0.6 is 11.6 Å². The number of aromatic nitrogens is 4. The van der Waals surface area contributed by atoms with Crippen LogP contribution in [0.4, 0.5) is 0 Å². The highest BCUT2D eigenvalue weighted by Crippen LogP contribution is 2.29. The number of nitrogens with zero attached hydrogens (tertiary/aromatic N) is 5. The molecule has 0 aliphatic carbocycles. The highest BCUT2D eigenvalue weighted by atomic mass is 35.5. The number of esters is 1. The maximum Gasteiger partial charge on any atom is 0.361 e. The lowest BCUT2D eigenvalue weighted by Gasteiger charge is -2.08. The molecule has 7 nitrogen and oxygen atoms in total. The largest absolute Gasteiger partial charge is 0.461 e. The Kier molecular flexibility index (Phi) is 5.41. The van der Waals surface area contributed by atoms with Crippen LogP contribution in [0, 0.1) is 6.92 Å². The zero-order chi connectivity index (χ0) is 19.6. The lowest BCUT2D eigenvalue weighted by Crippen LogP contribution is -2.14. The van der Waals surface area contributed by atoms with E-state index in [1.807, 2.05) is 56.4 Å². The normalized spacial score (nSPS) is 11.3. The molecule has 3 rings (SSSR count). The third kappa shape index (κ3) is 3.78. The van der Waals surface area contributed by atoms with Crippen LogP contribution in [0.25, 0.3) is 22.9 Å². The topological polar surface area (TPSA) is 72.6 Å². The number of ether oxygens (including phenoxy) is 1. The number of aryl methyl sites for hydroxylation is 1. The maximum absolute atomic E-state index is 12.3. The molecular formula is C19H20ClN5O2. The van der Waals surface area contributed by atoms with Crippen molar-refractivity contribution in [2.75, 3.05) is 20.7 Å². The second kappa shape index (κ2) is 7.75. The van der Waals surface area contributed by atoms with Gasteiger partial charge >= 0.3 is 5.97 Å².